The summed E-state index contributed by atoms with van der Waals surface area (Å²) in [5.74, 6) is -0.976. The zero-order valence-corrected chi connectivity index (χ0v) is 18.2. The van der Waals surface area contributed by atoms with Gasteiger partial charge in [-0.3, -0.25) is 19.1 Å². The second kappa shape index (κ2) is 9.00. The van der Waals surface area contributed by atoms with Crippen LogP contribution in [0.2, 0.25) is 0 Å². The number of H-pyrrole nitrogens is 1. The predicted octanol–water partition coefficient (Wildman–Crippen LogP) is 4.23. The van der Waals surface area contributed by atoms with E-state index in [4.69, 9.17) is 0 Å². The van der Waals surface area contributed by atoms with E-state index < -0.39 is 11.6 Å². The van der Waals surface area contributed by atoms with Gasteiger partial charge in [0.15, 0.2) is 0 Å². The quantitative estimate of drug-likeness (QED) is 0.360. The van der Waals surface area contributed by atoms with Gasteiger partial charge in [0.1, 0.15) is 0 Å². The topological polar surface area (TPSA) is 75.2 Å². The van der Waals surface area contributed by atoms with E-state index in [1.54, 1.807) is 36.4 Å². The van der Waals surface area contributed by atoms with Gasteiger partial charge in [-0.15, -0.1) is 0 Å². The number of Topliss-reactive ketones (excluding diaryl/α,β-unsaturated/α-hetero) is 2. The van der Waals surface area contributed by atoms with Gasteiger partial charge in [-0.2, -0.15) is 0 Å². The number of imidazole rings is 1. The number of ketones is 2. The molecule has 0 aliphatic carbocycles. The number of rotatable bonds is 6. The number of para-hydroxylation sites is 2. The van der Waals surface area contributed by atoms with Crippen LogP contribution in [0.4, 0.5) is 0 Å². The van der Waals surface area contributed by atoms with Crippen molar-refractivity contribution in [2.24, 2.45) is 0 Å². The average Bonchev–Trinajstić information content (AvgIpc) is 3.20. The number of aromatic nitrogens is 2. The smallest absolute Gasteiger partial charge is 0.306 e. The molecule has 0 saturated carbocycles. The van der Waals surface area contributed by atoms with Gasteiger partial charge in [-0.05, 0) is 30.5 Å². The highest BCUT2D eigenvalue weighted by molar-refractivity contribution is 6.49. The van der Waals surface area contributed by atoms with E-state index in [9.17, 15) is 14.4 Å². The average molecular weight is 440 g/mol. The van der Waals surface area contributed by atoms with Gasteiger partial charge in [0, 0.05) is 36.8 Å². The van der Waals surface area contributed by atoms with Crippen LogP contribution in [0.5, 0.6) is 0 Å². The van der Waals surface area contributed by atoms with Gasteiger partial charge < -0.3 is 4.98 Å². The lowest BCUT2D eigenvalue weighted by molar-refractivity contribution is 0.0817. The Morgan fingerprint density at radius 3 is 2.09 bits per heavy atom. The summed E-state index contributed by atoms with van der Waals surface area (Å²) in [6, 6.07) is 23.9. The molecule has 0 bridgehead atoms. The molecule has 6 nitrogen and oxygen atoms in total. The van der Waals surface area contributed by atoms with Crippen molar-refractivity contribution in [2.45, 2.75) is 25.4 Å². The SMILES string of the molecule is O=C(C(=O)c1ccc(CN2CCC(n3c(=O)[nH]c4ccccc43)CC2)cc1)c1ccccc1. The molecule has 6 heteroatoms. The predicted molar refractivity (Wildman–Crippen MR) is 128 cm³/mol. The maximum absolute atomic E-state index is 12.5. The number of hydrogen-bond donors (Lipinski definition) is 1. The summed E-state index contributed by atoms with van der Waals surface area (Å²) < 4.78 is 1.90. The van der Waals surface area contributed by atoms with Crippen molar-refractivity contribution in [1.29, 1.82) is 0 Å². The number of fused-ring (bicyclic) bond motifs is 1. The van der Waals surface area contributed by atoms with Crippen molar-refractivity contribution in [1.82, 2.24) is 14.5 Å². The number of carbonyl (C=O) groups excluding carboxylic acids is 2. The van der Waals surface area contributed by atoms with Crippen LogP contribution in [0.25, 0.3) is 11.0 Å². The normalized spacial score (nSPS) is 15.0. The Morgan fingerprint density at radius 1 is 0.788 bits per heavy atom. The van der Waals surface area contributed by atoms with E-state index in [2.05, 4.69) is 9.88 Å². The summed E-state index contributed by atoms with van der Waals surface area (Å²) >= 11 is 0. The minimum Gasteiger partial charge on any atom is -0.306 e. The van der Waals surface area contributed by atoms with Crippen LogP contribution >= 0.6 is 0 Å². The van der Waals surface area contributed by atoms with Crippen molar-refractivity contribution in [2.75, 3.05) is 13.1 Å². The molecule has 1 saturated heterocycles. The number of benzene rings is 3. The van der Waals surface area contributed by atoms with Gasteiger partial charge in [-0.1, -0.05) is 66.7 Å². The highest BCUT2D eigenvalue weighted by Gasteiger charge is 2.24. The monoisotopic (exact) mass is 439 g/mol. The van der Waals surface area contributed by atoms with Crippen LogP contribution in [0.15, 0.2) is 83.7 Å². The molecule has 2 heterocycles. The van der Waals surface area contributed by atoms with E-state index in [0.717, 1.165) is 49.1 Å². The molecule has 5 rings (SSSR count). The van der Waals surface area contributed by atoms with Crippen LogP contribution < -0.4 is 5.69 Å². The number of nitrogens with one attached hydrogen (secondary N) is 1. The third-order valence-corrected chi connectivity index (χ3v) is 6.41. The van der Waals surface area contributed by atoms with E-state index in [0.29, 0.717) is 11.1 Å². The highest BCUT2D eigenvalue weighted by atomic mass is 16.2. The largest absolute Gasteiger partial charge is 0.326 e. The summed E-state index contributed by atoms with van der Waals surface area (Å²) in [5.41, 5.74) is 3.71. The maximum Gasteiger partial charge on any atom is 0.326 e. The summed E-state index contributed by atoms with van der Waals surface area (Å²) in [6.45, 7) is 2.56. The number of nitrogens with zero attached hydrogens (tertiary/aromatic N) is 2. The molecule has 3 aromatic carbocycles. The molecule has 0 atom stereocenters. The van der Waals surface area contributed by atoms with E-state index in [-0.39, 0.29) is 11.7 Å². The molecule has 166 valence electrons. The number of carbonyl (C=O) groups is 2. The fourth-order valence-electron chi connectivity index (χ4n) is 4.64. The highest BCUT2D eigenvalue weighted by Crippen LogP contribution is 2.25. The Bertz CT molecular complexity index is 1340. The van der Waals surface area contributed by atoms with E-state index >= 15 is 0 Å². The van der Waals surface area contributed by atoms with Crippen molar-refractivity contribution < 1.29 is 9.59 Å². The lowest BCUT2D eigenvalue weighted by Gasteiger charge is -2.32. The van der Waals surface area contributed by atoms with Crippen LogP contribution in [0.1, 0.15) is 45.2 Å². The Hall–Kier alpha value is -3.77. The molecule has 0 amide bonds. The zero-order valence-electron chi connectivity index (χ0n) is 18.2. The van der Waals surface area contributed by atoms with Gasteiger partial charge >= 0.3 is 5.69 Å². The Kier molecular flexibility index (Phi) is 5.75. The van der Waals surface area contributed by atoms with Gasteiger partial charge in [0.2, 0.25) is 11.6 Å². The molecule has 0 radical (unpaired) electrons. The summed E-state index contributed by atoms with van der Waals surface area (Å²) in [4.78, 5) is 42.7. The third-order valence-electron chi connectivity index (χ3n) is 6.41. The van der Waals surface area contributed by atoms with E-state index in [1.807, 2.05) is 47.0 Å². The Balaban J connectivity index is 1.21. The minimum atomic E-state index is -0.488. The van der Waals surface area contributed by atoms with Crippen molar-refractivity contribution in [3.05, 3.63) is 106 Å². The molecule has 1 aliphatic rings. The molecule has 1 aromatic heterocycles. The molecule has 33 heavy (non-hydrogen) atoms. The second-order valence-electron chi connectivity index (χ2n) is 8.55. The molecule has 0 spiro atoms. The summed E-state index contributed by atoms with van der Waals surface area (Å²) in [5, 5.41) is 0. The number of aromatic amines is 1. The molecule has 1 N–H and O–H groups in total. The van der Waals surface area contributed by atoms with E-state index in [1.165, 1.54) is 0 Å². The first kappa shape index (κ1) is 21.1. The van der Waals surface area contributed by atoms with Gasteiger partial charge in [0.05, 0.1) is 11.0 Å². The Labute approximate surface area is 191 Å². The Morgan fingerprint density at radius 2 is 1.39 bits per heavy atom. The lowest BCUT2D eigenvalue weighted by Crippen LogP contribution is -2.36. The molecule has 1 aliphatic heterocycles. The molecule has 0 unspecified atom stereocenters. The first-order valence-corrected chi connectivity index (χ1v) is 11.2. The van der Waals surface area contributed by atoms with Gasteiger partial charge in [-0.25, -0.2) is 4.79 Å². The summed E-state index contributed by atoms with van der Waals surface area (Å²) in [6.07, 6.45) is 1.81. The van der Waals surface area contributed by atoms with Crippen LogP contribution in [0.3, 0.4) is 0 Å². The van der Waals surface area contributed by atoms with Crippen LogP contribution in [-0.4, -0.2) is 39.1 Å². The first-order valence-electron chi connectivity index (χ1n) is 11.2. The van der Waals surface area contributed by atoms with Gasteiger partial charge in [0.25, 0.3) is 0 Å². The molecule has 1 fully saturated rings. The van der Waals surface area contributed by atoms with Crippen LogP contribution in [-0.2, 0) is 6.54 Å². The fraction of sp³-hybridized carbons (Fsp3) is 0.222. The van der Waals surface area contributed by atoms with Crippen LogP contribution in [0, 0.1) is 0 Å². The first-order chi connectivity index (χ1) is 16.1. The van der Waals surface area contributed by atoms with Crippen molar-refractivity contribution in [3.63, 3.8) is 0 Å². The van der Waals surface area contributed by atoms with Crippen molar-refractivity contribution >= 4 is 22.6 Å². The molecular weight excluding hydrogens is 414 g/mol. The number of piperidine rings is 1. The molecular formula is C27H25N3O3. The third kappa shape index (κ3) is 4.30. The standard InChI is InChI=1S/C27H25N3O3/c31-25(20-6-2-1-3-7-20)26(32)21-12-10-19(11-13-21)18-29-16-14-22(15-17-29)30-24-9-5-4-8-23(24)28-27(30)33/h1-13,22H,14-18H2,(H,28,33). The maximum atomic E-state index is 12.5. The zero-order chi connectivity index (χ0) is 22.8. The van der Waals surface area contributed by atoms with Crippen molar-refractivity contribution in [3.8, 4) is 0 Å². The number of likely N-dealkylation sites (tertiary alicyclic amines) is 1. The fourth-order valence-corrected chi connectivity index (χ4v) is 4.64. The minimum absolute atomic E-state index is 0.0417. The summed E-state index contributed by atoms with van der Waals surface area (Å²) in [7, 11) is 0. The molecule has 4 aromatic rings. The lowest BCUT2D eigenvalue weighted by atomic mass is 10.00. The second-order valence-corrected chi connectivity index (χ2v) is 8.55. The number of hydrogen-bond acceptors (Lipinski definition) is 4.